The van der Waals surface area contributed by atoms with E-state index in [-0.39, 0.29) is 47.3 Å². The lowest BCUT2D eigenvalue weighted by Gasteiger charge is -2.62. The molecule has 6 nitrogen and oxygen atoms in total. The molecule has 2 bridgehead atoms. The molecule has 5 aliphatic rings. The highest BCUT2D eigenvalue weighted by atomic mass is 35.5. The lowest BCUT2D eigenvalue weighted by Crippen LogP contribution is -2.64. The third kappa shape index (κ3) is 3.11. The minimum absolute atomic E-state index is 0.0260. The third-order valence-corrected chi connectivity index (χ3v) is 10.9. The maximum absolute atomic E-state index is 12.9. The van der Waals surface area contributed by atoms with Gasteiger partial charge in [0.1, 0.15) is 12.7 Å². The van der Waals surface area contributed by atoms with Gasteiger partial charge in [0.05, 0.1) is 17.6 Å². The Balaban J connectivity index is 1.38. The van der Waals surface area contributed by atoms with E-state index in [4.69, 9.17) is 25.8 Å². The van der Waals surface area contributed by atoms with Gasteiger partial charge in [0.25, 0.3) is 0 Å². The summed E-state index contributed by atoms with van der Waals surface area (Å²) < 4.78 is 17.0. The van der Waals surface area contributed by atoms with Crippen LogP contribution < -0.4 is 0 Å². The van der Waals surface area contributed by atoms with Gasteiger partial charge in [-0.3, -0.25) is 14.4 Å². The van der Waals surface area contributed by atoms with Crippen LogP contribution in [0.3, 0.4) is 0 Å². The van der Waals surface area contributed by atoms with E-state index in [1.54, 1.807) is 0 Å². The van der Waals surface area contributed by atoms with Gasteiger partial charge in [0.2, 0.25) is 0 Å². The van der Waals surface area contributed by atoms with E-state index < -0.39 is 10.8 Å². The van der Waals surface area contributed by atoms with Crippen molar-refractivity contribution in [3.63, 3.8) is 0 Å². The standard InChI is InChI=1S/C25H35ClO6/c1-14(27)30-12-21(29)20-5-4-18-17-10-22-25(26)11-16(32-15(2)28)6-9-24(25,13-31-22)19(17)7-8-23(18,20)3/h16-20,22H,4-13H2,1-3H3/t16-,17-,18-,19-,20+,22?,23-,24-,25-/m0/s1. The molecule has 0 N–H and O–H groups in total. The Morgan fingerprint density at radius 2 is 1.81 bits per heavy atom. The molecule has 5 rings (SSSR count). The van der Waals surface area contributed by atoms with E-state index in [1.165, 1.54) is 13.8 Å². The lowest BCUT2D eigenvalue weighted by molar-refractivity contribution is -0.156. The highest BCUT2D eigenvalue weighted by molar-refractivity contribution is 6.25. The van der Waals surface area contributed by atoms with Crippen molar-refractivity contribution in [1.82, 2.24) is 0 Å². The molecule has 0 aromatic carbocycles. The number of esters is 2. The summed E-state index contributed by atoms with van der Waals surface area (Å²) in [5, 5.41) is 0. The topological polar surface area (TPSA) is 78.9 Å². The molecule has 0 aromatic heterocycles. The molecule has 1 unspecified atom stereocenters. The molecule has 1 saturated heterocycles. The highest BCUT2D eigenvalue weighted by Crippen LogP contribution is 2.72. The van der Waals surface area contributed by atoms with Gasteiger partial charge in [-0.2, -0.15) is 0 Å². The SMILES string of the molecule is CC(=O)OCC(=O)[C@H]1CC[C@H]2[C@@H]3CC4OC[C@@]5(CC[C@H](OC(C)=O)C[C@]45Cl)[C@H]3CC[C@]12C. The van der Waals surface area contributed by atoms with Crippen LogP contribution in [0, 0.1) is 34.5 Å². The van der Waals surface area contributed by atoms with Crippen LogP contribution >= 0.6 is 11.6 Å². The summed E-state index contributed by atoms with van der Waals surface area (Å²) in [6, 6.07) is 0. The molecule has 4 saturated carbocycles. The zero-order valence-electron chi connectivity index (χ0n) is 19.4. The van der Waals surface area contributed by atoms with Crippen molar-refractivity contribution in [3.05, 3.63) is 0 Å². The number of alkyl halides is 1. The average Bonchev–Trinajstić information content (AvgIpc) is 3.14. The average molecular weight is 467 g/mol. The van der Waals surface area contributed by atoms with Crippen molar-refractivity contribution in [2.45, 2.75) is 89.2 Å². The highest BCUT2D eigenvalue weighted by Gasteiger charge is 2.73. The minimum atomic E-state index is -0.469. The first-order valence-corrected chi connectivity index (χ1v) is 12.6. The van der Waals surface area contributed by atoms with Crippen molar-refractivity contribution >= 4 is 29.3 Å². The first-order chi connectivity index (χ1) is 15.1. The van der Waals surface area contributed by atoms with E-state index >= 15 is 0 Å². The Bertz CT molecular complexity index is 829. The van der Waals surface area contributed by atoms with Crippen LogP contribution in [0.2, 0.25) is 0 Å². The van der Waals surface area contributed by atoms with Gasteiger partial charge in [-0.1, -0.05) is 6.92 Å². The quantitative estimate of drug-likeness (QED) is 0.459. The van der Waals surface area contributed by atoms with E-state index in [9.17, 15) is 14.4 Å². The largest absolute Gasteiger partial charge is 0.462 e. The molecular formula is C25H35ClO6. The Kier molecular flexibility index (Phi) is 5.44. The third-order valence-electron chi connectivity index (χ3n) is 10.1. The molecule has 32 heavy (non-hydrogen) atoms. The summed E-state index contributed by atoms with van der Waals surface area (Å²) in [4.78, 5) is 35.2. The van der Waals surface area contributed by atoms with E-state index in [0.29, 0.717) is 30.8 Å². The van der Waals surface area contributed by atoms with Crippen LogP contribution in [0.15, 0.2) is 0 Å². The van der Waals surface area contributed by atoms with Crippen LogP contribution in [-0.2, 0) is 28.6 Å². The molecule has 178 valence electrons. The van der Waals surface area contributed by atoms with Crippen molar-refractivity contribution < 1.29 is 28.6 Å². The molecule has 0 amide bonds. The summed E-state index contributed by atoms with van der Waals surface area (Å²) in [5.41, 5.74) is -0.115. The molecule has 0 spiro atoms. The van der Waals surface area contributed by atoms with E-state index in [1.807, 2.05) is 0 Å². The molecule has 5 fully saturated rings. The summed E-state index contributed by atoms with van der Waals surface area (Å²) >= 11 is 7.44. The lowest BCUT2D eigenvalue weighted by atomic mass is 9.44. The minimum Gasteiger partial charge on any atom is -0.462 e. The van der Waals surface area contributed by atoms with Gasteiger partial charge in [0.15, 0.2) is 5.78 Å². The number of carbonyl (C=O) groups excluding carboxylic acids is 3. The number of hydrogen-bond acceptors (Lipinski definition) is 6. The maximum atomic E-state index is 12.9. The van der Waals surface area contributed by atoms with Crippen LogP contribution in [0.1, 0.15) is 72.1 Å². The second-order valence-corrected chi connectivity index (χ2v) is 12.0. The van der Waals surface area contributed by atoms with Gasteiger partial charge in [-0.05, 0) is 68.1 Å². The number of carbonyl (C=O) groups is 3. The zero-order chi connectivity index (χ0) is 22.9. The zero-order valence-corrected chi connectivity index (χ0v) is 20.1. The maximum Gasteiger partial charge on any atom is 0.303 e. The molecule has 1 heterocycles. The number of halogens is 1. The first kappa shape index (κ1) is 22.6. The van der Waals surface area contributed by atoms with Crippen molar-refractivity contribution in [1.29, 1.82) is 0 Å². The molecule has 1 aliphatic heterocycles. The predicted molar refractivity (Wildman–Crippen MR) is 117 cm³/mol. The summed E-state index contributed by atoms with van der Waals surface area (Å²) in [7, 11) is 0. The smallest absolute Gasteiger partial charge is 0.303 e. The molecule has 0 radical (unpaired) electrons. The van der Waals surface area contributed by atoms with Crippen LogP contribution in [0.25, 0.3) is 0 Å². The molecule has 4 aliphatic carbocycles. The number of rotatable bonds is 4. The van der Waals surface area contributed by atoms with E-state index in [2.05, 4.69) is 6.92 Å². The second-order valence-electron chi connectivity index (χ2n) is 11.3. The van der Waals surface area contributed by atoms with Crippen molar-refractivity contribution in [2.75, 3.05) is 13.2 Å². The predicted octanol–water partition coefficient (Wildman–Crippen LogP) is 4.06. The Labute approximate surface area is 195 Å². The van der Waals surface area contributed by atoms with Gasteiger partial charge in [-0.15, -0.1) is 11.6 Å². The Morgan fingerprint density at radius 1 is 1.03 bits per heavy atom. The Morgan fingerprint density at radius 3 is 2.53 bits per heavy atom. The fraction of sp³-hybridized carbons (Fsp3) is 0.880. The summed E-state index contributed by atoms with van der Waals surface area (Å²) in [6.07, 6.45) is 7.21. The molecular weight excluding hydrogens is 432 g/mol. The van der Waals surface area contributed by atoms with Crippen molar-refractivity contribution in [3.8, 4) is 0 Å². The molecule has 7 heteroatoms. The van der Waals surface area contributed by atoms with Gasteiger partial charge >= 0.3 is 11.9 Å². The Hall–Kier alpha value is -1.14. The fourth-order valence-electron chi connectivity index (χ4n) is 8.83. The second kappa shape index (κ2) is 7.69. The number of ether oxygens (including phenoxy) is 3. The normalized spacial score (nSPS) is 48.9. The summed E-state index contributed by atoms with van der Waals surface area (Å²) in [6.45, 7) is 5.71. The van der Waals surface area contributed by atoms with Crippen LogP contribution in [-0.4, -0.2) is 48.0 Å². The summed E-state index contributed by atoms with van der Waals surface area (Å²) in [5.74, 6) is 0.863. The molecule has 9 atom stereocenters. The van der Waals surface area contributed by atoms with Crippen LogP contribution in [0.4, 0.5) is 0 Å². The number of Topliss-reactive ketones (excluding diaryl/α,β-unsaturated/α-hetero) is 1. The van der Waals surface area contributed by atoms with Crippen molar-refractivity contribution in [2.24, 2.45) is 34.5 Å². The number of ketones is 1. The van der Waals surface area contributed by atoms with E-state index in [0.717, 1.165) is 44.9 Å². The fourth-order valence-corrected chi connectivity index (χ4v) is 9.44. The number of fused-ring (bicyclic) bond motifs is 3. The monoisotopic (exact) mass is 466 g/mol. The van der Waals surface area contributed by atoms with Crippen LogP contribution in [0.5, 0.6) is 0 Å². The van der Waals surface area contributed by atoms with Gasteiger partial charge < -0.3 is 14.2 Å². The first-order valence-electron chi connectivity index (χ1n) is 12.2. The van der Waals surface area contributed by atoms with Gasteiger partial charge in [0, 0.05) is 31.6 Å². The van der Waals surface area contributed by atoms with Gasteiger partial charge in [-0.25, -0.2) is 0 Å². The molecule has 0 aromatic rings. The number of hydrogen-bond donors (Lipinski definition) is 0.